The minimum absolute atomic E-state index is 0.0672. The first kappa shape index (κ1) is 9.75. The molecule has 1 aliphatic rings. The third-order valence-corrected chi connectivity index (χ3v) is 2.32. The van der Waals surface area contributed by atoms with Gasteiger partial charge in [0.15, 0.2) is 0 Å². The number of rotatable bonds is 3. The topological polar surface area (TPSA) is 21.3 Å². The van der Waals surface area contributed by atoms with Crippen LogP contribution in [0.3, 0.4) is 0 Å². The van der Waals surface area contributed by atoms with Crippen LogP contribution in [0.4, 0.5) is 0 Å². The average Bonchev–Trinajstić information content (AvgIpc) is 2.06. The van der Waals surface area contributed by atoms with E-state index in [9.17, 15) is 0 Å². The molecule has 0 bridgehead atoms. The molecule has 1 heterocycles. The molecule has 0 aromatic carbocycles. The molecule has 1 atom stereocenters. The second-order valence-corrected chi connectivity index (χ2v) is 3.61. The van der Waals surface area contributed by atoms with Crippen molar-refractivity contribution in [2.75, 3.05) is 19.7 Å². The van der Waals surface area contributed by atoms with Crippen molar-refractivity contribution in [2.45, 2.75) is 32.3 Å². The van der Waals surface area contributed by atoms with E-state index in [0.717, 1.165) is 19.7 Å². The van der Waals surface area contributed by atoms with Crippen molar-refractivity contribution >= 4 is 0 Å². The van der Waals surface area contributed by atoms with E-state index in [4.69, 9.17) is 4.74 Å². The molecule has 1 fully saturated rings. The predicted molar refractivity (Wildman–Crippen MR) is 51.3 cm³/mol. The Kier molecular flexibility index (Phi) is 3.76. The molecule has 1 saturated heterocycles. The van der Waals surface area contributed by atoms with Crippen LogP contribution in [0, 0.1) is 0 Å². The predicted octanol–water partition coefficient (Wildman–Crippen LogP) is 1.72. The molecule has 1 unspecified atom stereocenters. The maximum Gasteiger partial charge on any atom is 0.0783 e. The second-order valence-electron chi connectivity index (χ2n) is 3.61. The zero-order valence-corrected chi connectivity index (χ0v) is 8.10. The first-order chi connectivity index (χ1) is 5.77. The molecule has 2 nitrogen and oxygen atoms in total. The average molecular weight is 169 g/mol. The van der Waals surface area contributed by atoms with E-state index in [-0.39, 0.29) is 5.60 Å². The summed E-state index contributed by atoms with van der Waals surface area (Å²) in [6, 6.07) is 0. The quantitative estimate of drug-likeness (QED) is 0.649. The summed E-state index contributed by atoms with van der Waals surface area (Å²) < 4.78 is 5.76. The Labute approximate surface area is 75.0 Å². The highest BCUT2D eigenvalue weighted by molar-refractivity contribution is 4.85. The van der Waals surface area contributed by atoms with E-state index >= 15 is 0 Å². The number of piperidine rings is 1. The van der Waals surface area contributed by atoms with Crippen LogP contribution in [-0.4, -0.2) is 25.3 Å². The Morgan fingerprint density at radius 2 is 2.42 bits per heavy atom. The largest absolute Gasteiger partial charge is 0.370 e. The summed E-state index contributed by atoms with van der Waals surface area (Å²) in [6.07, 6.45) is 6.49. The minimum Gasteiger partial charge on any atom is -0.370 e. The normalized spacial score (nSPS) is 31.2. The Morgan fingerprint density at radius 3 is 3.00 bits per heavy atom. The summed E-state index contributed by atoms with van der Waals surface area (Å²) in [6.45, 7) is 7.08. The second kappa shape index (κ2) is 4.63. The van der Waals surface area contributed by atoms with Gasteiger partial charge in [0.05, 0.1) is 12.2 Å². The van der Waals surface area contributed by atoms with E-state index in [1.165, 1.54) is 12.8 Å². The number of hydrogen-bond acceptors (Lipinski definition) is 2. The summed E-state index contributed by atoms with van der Waals surface area (Å²) in [4.78, 5) is 0. The minimum atomic E-state index is 0.0672. The molecule has 0 saturated carbocycles. The lowest BCUT2D eigenvalue weighted by Crippen LogP contribution is -2.45. The van der Waals surface area contributed by atoms with Crippen LogP contribution in [0.5, 0.6) is 0 Å². The smallest absolute Gasteiger partial charge is 0.0783 e. The van der Waals surface area contributed by atoms with Crippen molar-refractivity contribution in [3.8, 4) is 0 Å². The van der Waals surface area contributed by atoms with Gasteiger partial charge >= 0.3 is 0 Å². The van der Waals surface area contributed by atoms with Crippen LogP contribution in [-0.2, 0) is 4.74 Å². The molecule has 0 amide bonds. The van der Waals surface area contributed by atoms with Crippen molar-refractivity contribution < 1.29 is 4.74 Å². The molecule has 0 aromatic heterocycles. The van der Waals surface area contributed by atoms with Gasteiger partial charge in [0.2, 0.25) is 0 Å². The van der Waals surface area contributed by atoms with Gasteiger partial charge in [-0.25, -0.2) is 0 Å². The highest BCUT2D eigenvalue weighted by atomic mass is 16.5. The van der Waals surface area contributed by atoms with E-state index in [1.54, 1.807) is 0 Å². The van der Waals surface area contributed by atoms with Crippen LogP contribution in [0.1, 0.15) is 26.7 Å². The molecule has 12 heavy (non-hydrogen) atoms. The van der Waals surface area contributed by atoms with Crippen LogP contribution in [0.15, 0.2) is 12.2 Å². The van der Waals surface area contributed by atoms with Crippen LogP contribution >= 0.6 is 0 Å². The molecule has 0 radical (unpaired) electrons. The fourth-order valence-corrected chi connectivity index (χ4v) is 1.50. The van der Waals surface area contributed by atoms with Gasteiger partial charge in [-0.15, -0.1) is 0 Å². The molecule has 1 N–H and O–H groups in total. The number of nitrogens with one attached hydrogen (secondary N) is 1. The summed E-state index contributed by atoms with van der Waals surface area (Å²) in [5.74, 6) is 0. The van der Waals surface area contributed by atoms with Gasteiger partial charge in [-0.05, 0) is 33.2 Å². The molecule has 70 valence electrons. The molecular weight excluding hydrogens is 150 g/mol. The Morgan fingerprint density at radius 1 is 1.58 bits per heavy atom. The molecule has 2 heteroatoms. The van der Waals surface area contributed by atoms with Crippen molar-refractivity contribution in [1.82, 2.24) is 5.32 Å². The van der Waals surface area contributed by atoms with E-state index in [0.29, 0.717) is 0 Å². The molecule has 0 aliphatic carbocycles. The van der Waals surface area contributed by atoms with Crippen LogP contribution in [0.2, 0.25) is 0 Å². The lowest BCUT2D eigenvalue weighted by Gasteiger charge is -2.33. The zero-order valence-electron chi connectivity index (χ0n) is 8.10. The molecule has 1 rings (SSSR count). The van der Waals surface area contributed by atoms with Gasteiger partial charge in [0.25, 0.3) is 0 Å². The van der Waals surface area contributed by atoms with Gasteiger partial charge < -0.3 is 10.1 Å². The maximum absolute atomic E-state index is 5.76. The molecular formula is C10H19NO. The highest BCUT2D eigenvalue weighted by Gasteiger charge is 2.26. The number of hydrogen-bond donors (Lipinski definition) is 1. The summed E-state index contributed by atoms with van der Waals surface area (Å²) >= 11 is 0. The lowest BCUT2D eigenvalue weighted by molar-refractivity contribution is -0.0323. The van der Waals surface area contributed by atoms with Gasteiger partial charge in [-0.2, -0.15) is 0 Å². The van der Waals surface area contributed by atoms with Gasteiger partial charge in [-0.1, -0.05) is 12.2 Å². The van der Waals surface area contributed by atoms with Crippen molar-refractivity contribution in [2.24, 2.45) is 0 Å². The fourth-order valence-electron chi connectivity index (χ4n) is 1.50. The van der Waals surface area contributed by atoms with Gasteiger partial charge in [0, 0.05) is 6.54 Å². The van der Waals surface area contributed by atoms with Crippen molar-refractivity contribution in [1.29, 1.82) is 0 Å². The maximum atomic E-state index is 5.76. The summed E-state index contributed by atoms with van der Waals surface area (Å²) in [5.41, 5.74) is 0.0672. The van der Waals surface area contributed by atoms with Crippen molar-refractivity contribution in [3.63, 3.8) is 0 Å². The van der Waals surface area contributed by atoms with E-state index in [2.05, 4.69) is 18.3 Å². The van der Waals surface area contributed by atoms with E-state index in [1.807, 2.05) is 13.0 Å². The molecule has 0 aromatic rings. The van der Waals surface area contributed by atoms with Gasteiger partial charge in [-0.3, -0.25) is 0 Å². The first-order valence-corrected chi connectivity index (χ1v) is 4.73. The lowest BCUT2D eigenvalue weighted by atomic mass is 9.96. The van der Waals surface area contributed by atoms with Crippen LogP contribution in [0.25, 0.3) is 0 Å². The monoisotopic (exact) mass is 169 g/mol. The van der Waals surface area contributed by atoms with E-state index < -0.39 is 0 Å². The summed E-state index contributed by atoms with van der Waals surface area (Å²) in [7, 11) is 0. The SMILES string of the molecule is C/C=C/COC1(C)CCCNC1. The number of allylic oxidation sites excluding steroid dienone is 1. The summed E-state index contributed by atoms with van der Waals surface area (Å²) in [5, 5.41) is 3.35. The standard InChI is InChI=1S/C10H19NO/c1-3-4-8-12-10(2)6-5-7-11-9-10/h3-4,11H,5-9H2,1-2H3/b4-3+. The molecule has 1 aliphatic heterocycles. The van der Waals surface area contributed by atoms with Crippen LogP contribution < -0.4 is 5.32 Å². The number of ether oxygens (including phenoxy) is 1. The zero-order chi connectivity index (χ0) is 8.86. The van der Waals surface area contributed by atoms with Crippen molar-refractivity contribution in [3.05, 3.63) is 12.2 Å². The van der Waals surface area contributed by atoms with Gasteiger partial charge in [0.1, 0.15) is 0 Å². The first-order valence-electron chi connectivity index (χ1n) is 4.73. The highest BCUT2D eigenvalue weighted by Crippen LogP contribution is 2.19. The Bertz CT molecular complexity index is 148. The Balaban J connectivity index is 2.26. The third-order valence-electron chi connectivity index (χ3n) is 2.32. The fraction of sp³-hybridized carbons (Fsp3) is 0.800. The third kappa shape index (κ3) is 2.95. The molecule has 0 spiro atoms. The Hall–Kier alpha value is -0.340.